The maximum Gasteiger partial charge on any atom is 0.272 e. The molecule has 1 aromatic heterocycles. The van der Waals surface area contributed by atoms with Crippen LogP contribution in [0, 0.1) is 11.3 Å². The molecule has 2 amide bonds. The molecule has 0 saturated carbocycles. The van der Waals surface area contributed by atoms with E-state index < -0.39 is 13.0 Å². The van der Waals surface area contributed by atoms with Crippen molar-refractivity contribution in [1.82, 2.24) is 24.6 Å². The van der Waals surface area contributed by atoms with E-state index in [0.29, 0.717) is 36.1 Å². The van der Waals surface area contributed by atoms with Crippen molar-refractivity contribution < 1.29 is 23.1 Å². The third-order valence-electron chi connectivity index (χ3n) is 6.47. The summed E-state index contributed by atoms with van der Waals surface area (Å²) in [6.45, 7) is 0.335. The monoisotopic (exact) mass is 537 g/mol. The van der Waals surface area contributed by atoms with Gasteiger partial charge in [0, 0.05) is 30.7 Å². The number of aromatic nitrogens is 2. The van der Waals surface area contributed by atoms with Gasteiger partial charge >= 0.3 is 0 Å². The molecule has 0 bridgehead atoms. The Hall–Kier alpha value is -4.37. The van der Waals surface area contributed by atoms with Crippen molar-refractivity contribution in [3.63, 3.8) is 0 Å². The van der Waals surface area contributed by atoms with Crippen molar-refractivity contribution >= 4 is 28.9 Å². The molecular formula is C27H29F2N7O3. The fourth-order valence-electron chi connectivity index (χ4n) is 4.39. The summed E-state index contributed by atoms with van der Waals surface area (Å²) in [5.41, 5.74) is 1.76. The van der Waals surface area contributed by atoms with E-state index in [1.54, 1.807) is 15.8 Å². The Morgan fingerprint density at radius 3 is 2.72 bits per heavy atom. The van der Waals surface area contributed by atoms with Crippen LogP contribution in [0.5, 0.6) is 5.75 Å². The number of alkyl halides is 2. The van der Waals surface area contributed by atoms with Gasteiger partial charge in [0.25, 0.3) is 6.43 Å². The van der Waals surface area contributed by atoms with Gasteiger partial charge in [-0.15, -0.1) is 0 Å². The number of likely N-dealkylation sites (tertiary alicyclic amines) is 1. The van der Waals surface area contributed by atoms with Crippen LogP contribution < -0.4 is 4.74 Å². The average Bonchev–Trinajstić information content (AvgIpc) is 3.58. The summed E-state index contributed by atoms with van der Waals surface area (Å²) in [6.07, 6.45) is 0.387. The van der Waals surface area contributed by atoms with Crippen LogP contribution in [-0.4, -0.2) is 95.4 Å². The number of nitriles is 1. The molecule has 1 aliphatic heterocycles. The highest BCUT2D eigenvalue weighted by molar-refractivity contribution is 6.01. The Morgan fingerprint density at radius 2 is 2.08 bits per heavy atom. The average molecular weight is 538 g/mol. The van der Waals surface area contributed by atoms with Crippen molar-refractivity contribution in [2.75, 3.05) is 40.3 Å². The van der Waals surface area contributed by atoms with Crippen LogP contribution in [-0.2, 0) is 16.1 Å². The summed E-state index contributed by atoms with van der Waals surface area (Å²) in [7, 11) is 3.95. The maximum absolute atomic E-state index is 12.9. The molecule has 1 unspecified atom stereocenters. The van der Waals surface area contributed by atoms with Crippen molar-refractivity contribution in [3.05, 3.63) is 59.8 Å². The lowest BCUT2D eigenvalue weighted by atomic mass is 10.1. The van der Waals surface area contributed by atoms with Gasteiger partial charge in [0.15, 0.2) is 0 Å². The second-order valence-electron chi connectivity index (χ2n) is 9.41. The number of amides is 2. The number of fused-ring (bicyclic) bond motifs is 1. The Balaban J connectivity index is 1.58. The van der Waals surface area contributed by atoms with E-state index in [-0.39, 0.29) is 36.4 Å². The standard InChI is InChI=1S/C27H29F2N7O3/c1-33(2)22-8-9-34(14-22)27(38)16-36(18-37)32-24(19-6-4-3-5-7-19)15-35-13-21-11-25(39-17-26(28)29)20(12-30)10-23(21)31-35/h3-7,10-11,13,18,22,26H,8-9,14-17H2,1-2H3/b32-24-. The Morgan fingerprint density at radius 1 is 1.31 bits per heavy atom. The first-order chi connectivity index (χ1) is 18.8. The topological polar surface area (TPSA) is 107 Å². The molecule has 0 aliphatic carbocycles. The molecule has 1 fully saturated rings. The van der Waals surface area contributed by atoms with Crippen LogP contribution >= 0.6 is 0 Å². The lowest BCUT2D eigenvalue weighted by Gasteiger charge is -2.22. The molecule has 39 heavy (non-hydrogen) atoms. The lowest BCUT2D eigenvalue weighted by Crippen LogP contribution is -2.39. The largest absolute Gasteiger partial charge is 0.486 e. The molecule has 0 N–H and O–H groups in total. The van der Waals surface area contributed by atoms with Gasteiger partial charge in [-0.25, -0.2) is 13.8 Å². The number of rotatable bonds is 11. The molecule has 12 heteroatoms. The Labute approximate surface area is 224 Å². The van der Waals surface area contributed by atoms with E-state index >= 15 is 0 Å². The number of carbonyl (C=O) groups excluding carboxylic acids is 2. The zero-order chi connectivity index (χ0) is 27.9. The van der Waals surface area contributed by atoms with Gasteiger partial charge in [-0.2, -0.15) is 15.5 Å². The molecule has 10 nitrogen and oxygen atoms in total. The summed E-state index contributed by atoms with van der Waals surface area (Å²) >= 11 is 0. The van der Waals surface area contributed by atoms with Gasteiger partial charge in [0.2, 0.25) is 12.3 Å². The lowest BCUT2D eigenvalue weighted by molar-refractivity contribution is -0.134. The van der Waals surface area contributed by atoms with E-state index in [1.807, 2.05) is 50.5 Å². The van der Waals surface area contributed by atoms with Crippen LogP contribution in [0.15, 0.2) is 53.8 Å². The molecule has 3 aromatic rings. The van der Waals surface area contributed by atoms with Gasteiger partial charge in [-0.05, 0) is 38.2 Å². The molecule has 1 aliphatic rings. The quantitative estimate of drug-likeness (QED) is 0.211. The Bertz CT molecular complexity index is 1390. The number of hydrazone groups is 1. The van der Waals surface area contributed by atoms with Crippen molar-refractivity contribution in [2.24, 2.45) is 5.10 Å². The van der Waals surface area contributed by atoms with Crippen LogP contribution in [0.25, 0.3) is 10.9 Å². The highest BCUT2D eigenvalue weighted by Gasteiger charge is 2.28. The third kappa shape index (κ3) is 6.94. The smallest absolute Gasteiger partial charge is 0.272 e. The maximum atomic E-state index is 12.9. The van der Waals surface area contributed by atoms with Crippen LogP contribution in [0.1, 0.15) is 17.5 Å². The van der Waals surface area contributed by atoms with Gasteiger partial charge < -0.3 is 14.5 Å². The number of carbonyl (C=O) groups is 2. The fraction of sp³-hybridized carbons (Fsp3) is 0.370. The first kappa shape index (κ1) is 27.7. The highest BCUT2D eigenvalue weighted by atomic mass is 19.3. The number of likely N-dealkylation sites (N-methyl/N-ethyl adjacent to an activating group) is 1. The summed E-state index contributed by atoms with van der Waals surface area (Å²) in [5.74, 6) is -0.140. The van der Waals surface area contributed by atoms with Gasteiger partial charge in [0.1, 0.15) is 25.0 Å². The summed E-state index contributed by atoms with van der Waals surface area (Å²) in [6, 6.07) is 14.4. The van der Waals surface area contributed by atoms with E-state index in [0.717, 1.165) is 17.0 Å². The third-order valence-corrected chi connectivity index (χ3v) is 6.47. The minimum absolute atomic E-state index is 0.0471. The molecule has 2 heterocycles. The van der Waals surface area contributed by atoms with E-state index in [1.165, 1.54) is 12.1 Å². The molecule has 1 saturated heterocycles. The van der Waals surface area contributed by atoms with Gasteiger partial charge in [-0.1, -0.05) is 30.3 Å². The predicted octanol–water partition coefficient (Wildman–Crippen LogP) is 2.58. The van der Waals surface area contributed by atoms with Crippen molar-refractivity contribution in [3.8, 4) is 11.8 Å². The van der Waals surface area contributed by atoms with Crippen LogP contribution in [0.3, 0.4) is 0 Å². The van der Waals surface area contributed by atoms with Gasteiger partial charge in [-0.3, -0.25) is 14.3 Å². The highest BCUT2D eigenvalue weighted by Crippen LogP contribution is 2.25. The van der Waals surface area contributed by atoms with Gasteiger partial charge in [0.05, 0.1) is 23.3 Å². The van der Waals surface area contributed by atoms with Crippen molar-refractivity contribution in [1.29, 1.82) is 5.26 Å². The second kappa shape index (κ2) is 12.4. The van der Waals surface area contributed by atoms with E-state index in [4.69, 9.17) is 4.74 Å². The zero-order valence-corrected chi connectivity index (χ0v) is 21.7. The number of hydrogen-bond donors (Lipinski definition) is 0. The number of hydrogen-bond acceptors (Lipinski definition) is 7. The first-order valence-electron chi connectivity index (χ1n) is 12.4. The van der Waals surface area contributed by atoms with E-state index in [2.05, 4.69) is 15.1 Å². The minimum atomic E-state index is -2.67. The second-order valence-corrected chi connectivity index (χ2v) is 9.41. The molecule has 1 atom stereocenters. The molecule has 4 rings (SSSR count). The number of benzene rings is 2. The predicted molar refractivity (Wildman–Crippen MR) is 140 cm³/mol. The number of nitrogens with zero attached hydrogens (tertiary/aromatic N) is 7. The number of ether oxygens (including phenoxy) is 1. The first-order valence-corrected chi connectivity index (χ1v) is 12.4. The molecule has 204 valence electrons. The van der Waals surface area contributed by atoms with Crippen molar-refractivity contribution in [2.45, 2.75) is 25.4 Å². The fourth-order valence-corrected chi connectivity index (χ4v) is 4.39. The molecule has 0 spiro atoms. The molecule has 2 aromatic carbocycles. The minimum Gasteiger partial charge on any atom is -0.486 e. The number of halogens is 2. The SMILES string of the molecule is CN(C)C1CCN(C(=O)CN(C=O)/N=C(/Cn2cc3cc(OCC(F)F)c(C#N)cc3n2)c2ccccc2)C1. The normalized spacial score (nSPS) is 15.7. The Kier molecular flexibility index (Phi) is 8.83. The van der Waals surface area contributed by atoms with E-state index in [9.17, 15) is 23.6 Å². The van der Waals surface area contributed by atoms with Crippen LogP contribution in [0.2, 0.25) is 0 Å². The summed E-state index contributed by atoms with van der Waals surface area (Å²) < 4.78 is 31.9. The zero-order valence-electron chi connectivity index (χ0n) is 21.7. The summed E-state index contributed by atoms with van der Waals surface area (Å²) in [4.78, 5) is 28.6. The summed E-state index contributed by atoms with van der Waals surface area (Å²) in [5, 5.41) is 20.1. The molecule has 0 radical (unpaired) electrons. The van der Waals surface area contributed by atoms with Crippen LogP contribution in [0.4, 0.5) is 8.78 Å². The molecular weight excluding hydrogens is 508 g/mol.